The second kappa shape index (κ2) is 9.94. The van der Waals surface area contributed by atoms with E-state index in [1.54, 1.807) is 36.9 Å². The highest BCUT2D eigenvalue weighted by molar-refractivity contribution is 7.07. The van der Waals surface area contributed by atoms with E-state index < -0.39 is 17.6 Å². The Kier molecular flexibility index (Phi) is 6.66. The number of esters is 1. The van der Waals surface area contributed by atoms with Gasteiger partial charge in [-0.25, -0.2) is 9.79 Å². The minimum atomic E-state index is -0.839. The summed E-state index contributed by atoms with van der Waals surface area (Å²) in [6.45, 7) is 5.97. The van der Waals surface area contributed by atoms with Crippen molar-refractivity contribution in [1.82, 2.24) is 4.57 Å². The van der Waals surface area contributed by atoms with E-state index in [1.165, 1.54) is 18.8 Å². The Morgan fingerprint density at radius 1 is 1.05 bits per heavy atom. The molecule has 5 rings (SSSR count). The summed E-state index contributed by atoms with van der Waals surface area (Å²) in [6, 6.07) is 11.8. The lowest BCUT2D eigenvalue weighted by Gasteiger charge is -2.25. The summed E-state index contributed by atoms with van der Waals surface area (Å²) in [5.74, 6) is 0.164. The van der Waals surface area contributed by atoms with Crippen LogP contribution in [0.4, 0.5) is 5.69 Å². The van der Waals surface area contributed by atoms with Crippen LogP contribution < -0.4 is 29.3 Å². The number of allylic oxidation sites excluding steroid dienone is 1. The summed E-state index contributed by atoms with van der Waals surface area (Å²) in [6.07, 6.45) is 0. The van der Waals surface area contributed by atoms with Crippen LogP contribution in [0.15, 0.2) is 63.5 Å². The summed E-state index contributed by atoms with van der Waals surface area (Å²) >= 11 is 1.14. The first-order valence-corrected chi connectivity index (χ1v) is 13.0. The highest BCUT2D eigenvalue weighted by Crippen LogP contribution is 2.37. The molecule has 196 valence electrons. The molecule has 1 atom stereocenters. The molecule has 3 aromatic rings. The van der Waals surface area contributed by atoms with Crippen LogP contribution >= 0.6 is 11.3 Å². The highest BCUT2D eigenvalue weighted by Gasteiger charge is 2.37. The zero-order valence-electron chi connectivity index (χ0n) is 21.7. The zero-order chi connectivity index (χ0) is 27.1. The SMILES string of the molecule is CCOC(=O)C1=C(C)N=c2sc(=C3C(=O)N(CC)c4ccccc43)c(=O)n2[C@H]1c1ccc(OC)c(OC)c1. The average Bonchev–Trinajstić information content (AvgIpc) is 3.39. The number of carbonyl (C=O) groups excluding carboxylic acids is 2. The van der Waals surface area contributed by atoms with Gasteiger partial charge in [0.1, 0.15) is 4.53 Å². The van der Waals surface area contributed by atoms with E-state index in [0.29, 0.717) is 45.2 Å². The van der Waals surface area contributed by atoms with Crippen LogP contribution in [0.1, 0.15) is 37.9 Å². The molecule has 0 bridgehead atoms. The number of fused-ring (bicyclic) bond motifs is 2. The van der Waals surface area contributed by atoms with Crippen LogP contribution in [0.2, 0.25) is 0 Å². The van der Waals surface area contributed by atoms with Gasteiger partial charge in [-0.2, -0.15) is 0 Å². The van der Waals surface area contributed by atoms with E-state index in [-0.39, 0.29) is 22.6 Å². The average molecular weight is 534 g/mol. The molecule has 2 aliphatic rings. The Morgan fingerprint density at radius 2 is 1.79 bits per heavy atom. The Hall–Kier alpha value is -4.18. The van der Waals surface area contributed by atoms with Gasteiger partial charge in [0.05, 0.1) is 49.4 Å². The first kappa shape index (κ1) is 25.5. The number of anilines is 1. The van der Waals surface area contributed by atoms with E-state index >= 15 is 0 Å². The van der Waals surface area contributed by atoms with Gasteiger partial charge in [0.25, 0.3) is 11.5 Å². The number of methoxy groups -OCH3 is 2. The fourth-order valence-corrected chi connectivity index (χ4v) is 6.13. The highest BCUT2D eigenvalue weighted by atomic mass is 32.1. The Balaban J connectivity index is 1.83. The maximum absolute atomic E-state index is 14.1. The molecule has 1 amide bonds. The van der Waals surface area contributed by atoms with Crippen molar-refractivity contribution in [3.63, 3.8) is 0 Å². The molecule has 2 aliphatic heterocycles. The second-order valence-corrected chi connectivity index (χ2v) is 9.66. The molecule has 0 spiro atoms. The van der Waals surface area contributed by atoms with Gasteiger partial charge >= 0.3 is 5.97 Å². The third-order valence-corrected chi connectivity index (χ3v) is 7.74. The number of hydrogen-bond donors (Lipinski definition) is 0. The van der Waals surface area contributed by atoms with Crippen molar-refractivity contribution >= 4 is 34.5 Å². The predicted molar refractivity (Wildman–Crippen MR) is 143 cm³/mol. The molecule has 3 heterocycles. The van der Waals surface area contributed by atoms with E-state index in [0.717, 1.165) is 17.0 Å². The maximum Gasteiger partial charge on any atom is 0.338 e. The summed E-state index contributed by atoms with van der Waals surface area (Å²) < 4.78 is 18.0. The van der Waals surface area contributed by atoms with Gasteiger partial charge in [0.15, 0.2) is 16.3 Å². The number of rotatable bonds is 6. The maximum atomic E-state index is 14.1. The number of likely N-dealkylation sites (N-methyl/N-ethyl adjacent to an activating group) is 1. The lowest BCUT2D eigenvalue weighted by atomic mass is 9.95. The number of hydrogen-bond acceptors (Lipinski definition) is 8. The molecule has 0 saturated heterocycles. The third-order valence-electron chi connectivity index (χ3n) is 6.68. The Labute approximate surface area is 222 Å². The number of ether oxygens (including phenoxy) is 3. The van der Waals surface area contributed by atoms with Gasteiger partial charge in [-0.1, -0.05) is 35.6 Å². The molecule has 1 aromatic heterocycles. The largest absolute Gasteiger partial charge is 0.493 e. The van der Waals surface area contributed by atoms with Crippen molar-refractivity contribution in [2.75, 3.05) is 32.3 Å². The topological polar surface area (TPSA) is 99.4 Å². The van der Waals surface area contributed by atoms with Gasteiger partial charge in [0.2, 0.25) is 0 Å². The van der Waals surface area contributed by atoms with Gasteiger partial charge in [-0.3, -0.25) is 14.2 Å². The number of aromatic nitrogens is 1. The smallest absolute Gasteiger partial charge is 0.338 e. The van der Waals surface area contributed by atoms with Crippen molar-refractivity contribution in [3.05, 3.63) is 84.5 Å². The minimum Gasteiger partial charge on any atom is -0.493 e. The van der Waals surface area contributed by atoms with Crippen molar-refractivity contribution in [2.24, 2.45) is 4.99 Å². The Bertz CT molecular complexity index is 1680. The monoisotopic (exact) mass is 533 g/mol. The third kappa shape index (κ3) is 3.83. The molecule has 0 unspecified atom stereocenters. The fourth-order valence-electron chi connectivity index (χ4n) is 4.99. The van der Waals surface area contributed by atoms with Crippen molar-refractivity contribution in [1.29, 1.82) is 0 Å². The van der Waals surface area contributed by atoms with Crippen LogP contribution in [-0.2, 0) is 14.3 Å². The molecule has 0 fully saturated rings. The molecular formula is C28H27N3O6S. The van der Waals surface area contributed by atoms with Crippen LogP contribution in [-0.4, -0.2) is 43.8 Å². The van der Waals surface area contributed by atoms with Gasteiger partial charge in [-0.05, 0) is 44.5 Å². The standard InChI is InChI=1S/C28H27N3O6S/c1-6-30-18-11-9-8-10-17(18)22(25(30)32)24-26(33)31-23(16-12-13-19(35-4)20(14-16)36-5)21(27(34)37-7-2)15(3)29-28(31)38-24/h8-14,23H,6-7H2,1-5H3/t23-/m0/s1. The molecule has 0 aliphatic carbocycles. The number of para-hydroxylation sites is 1. The molecule has 10 heteroatoms. The van der Waals surface area contributed by atoms with E-state index in [2.05, 4.69) is 4.99 Å². The molecule has 38 heavy (non-hydrogen) atoms. The van der Waals surface area contributed by atoms with Crippen LogP contribution in [0, 0.1) is 0 Å². The number of nitrogens with zero attached hydrogens (tertiary/aromatic N) is 3. The van der Waals surface area contributed by atoms with Crippen LogP contribution in [0.3, 0.4) is 0 Å². The van der Waals surface area contributed by atoms with E-state index in [4.69, 9.17) is 14.2 Å². The molecule has 2 aromatic carbocycles. The lowest BCUT2D eigenvalue weighted by Crippen LogP contribution is -2.41. The van der Waals surface area contributed by atoms with E-state index in [1.807, 2.05) is 31.2 Å². The first-order valence-electron chi connectivity index (χ1n) is 12.2. The van der Waals surface area contributed by atoms with Crippen molar-refractivity contribution in [2.45, 2.75) is 26.8 Å². The summed E-state index contributed by atoms with van der Waals surface area (Å²) in [4.78, 5) is 47.5. The number of thiazole rings is 1. The molecule has 0 radical (unpaired) electrons. The van der Waals surface area contributed by atoms with Crippen molar-refractivity contribution < 1.29 is 23.8 Å². The Morgan fingerprint density at radius 3 is 2.47 bits per heavy atom. The van der Waals surface area contributed by atoms with Crippen LogP contribution in [0.25, 0.3) is 5.57 Å². The summed E-state index contributed by atoms with van der Waals surface area (Å²) in [5.41, 5.74) is 2.71. The number of benzene rings is 2. The predicted octanol–water partition coefficient (Wildman–Crippen LogP) is 2.55. The minimum absolute atomic E-state index is 0.168. The molecular weight excluding hydrogens is 506 g/mol. The van der Waals surface area contributed by atoms with Gasteiger partial charge in [-0.15, -0.1) is 0 Å². The summed E-state index contributed by atoms with van der Waals surface area (Å²) in [7, 11) is 3.05. The lowest BCUT2D eigenvalue weighted by molar-refractivity contribution is -0.139. The van der Waals surface area contributed by atoms with E-state index in [9.17, 15) is 14.4 Å². The number of amides is 1. The quantitative estimate of drug-likeness (QED) is 0.452. The molecule has 0 N–H and O–H groups in total. The normalized spacial score (nSPS) is 17.7. The zero-order valence-corrected chi connectivity index (χ0v) is 22.5. The second-order valence-electron chi connectivity index (χ2n) is 8.68. The molecule has 0 saturated carbocycles. The fraction of sp³-hybridized carbons (Fsp3) is 0.286. The van der Waals surface area contributed by atoms with Crippen molar-refractivity contribution in [3.8, 4) is 11.5 Å². The van der Waals surface area contributed by atoms with Gasteiger partial charge in [0, 0.05) is 12.1 Å². The molecule has 9 nitrogen and oxygen atoms in total. The number of carbonyl (C=O) groups is 2. The first-order chi connectivity index (χ1) is 18.4. The van der Waals surface area contributed by atoms with Crippen LogP contribution in [0.5, 0.6) is 11.5 Å². The summed E-state index contributed by atoms with van der Waals surface area (Å²) in [5, 5.41) is 0. The van der Waals surface area contributed by atoms with Gasteiger partial charge < -0.3 is 19.1 Å².